The average Bonchev–Trinajstić information content (AvgIpc) is 3.22. The van der Waals surface area contributed by atoms with E-state index >= 15 is 0 Å². The number of aromatic nitrogens is 2. The fourth-order valence-corrected chi connectivity index (χ4v) is 3.78. The maximum Gasteiger partial charge on any atom is 0.319 e. The number of carbonyl (C=O) groups is 3. The molecule has 0 saturated carbocycles. The molecule has 1 aliphatic rings. The SMILES string of the molecule is Cc1cc(CNC(=O)c2cc(C(=O)N[C@@H]3CN(C(N)=O)c4cc(C#N)ccc43)ncn2)ccc1F. The number of nitrogens with one attached hydrogen (secondary N) is 2. The molecule has 11 heteroatoms. The van der Waals surface area contributed by atoms with Gasteiger partial charge in [-0.1, -0.05) is 18.2 Å². The van der Waals surface area contributed by atoms with Crippen molar-refractivity contribution in [3.8, 4) is 6.07 Å². The number of rotatable bonds is 5. The highest BCUT2D eigenvalue weighted by Crippen LogP contribution is 2.35. The molecule has 0 fully saturated rings. The van der Waals surface area contributed by atoms with E-state index in [9.17, 15) is 18.8 Å². The number of fused-ring (bicyclic) bond motifs is 1. The van der Waals surface area contributed by atoms with E-state index in [4.69, 9.17) is 11.0 Å². The van der Waals surface area contributed by atoms with E-state index < -0.39 is 23.9 Å². The number of primary amides is 1. The van der Waals surface area contributed by atoms with Crippen LogP contribution in [0.3, 0.4) is 0 Å². The Bertz CT molecular complexity index is 1390. The van der Waals surface area contributed by atoms with Gasteiger partial charge >= 0.3 is 6.03 Å². The van der Waals surface area contributed by atoms with Gasteiger partial charge in [0.2, 0.25) is 0 Å². The first-order valence-corrected chi connectivity index (χ1v) is 10.5. The lowest BCUT2D eigenvalue weighted by molar-refractivity contribution is 0.0933. The Hall–Kier alpha value is -4.85. The second kappa shape index (κ2) is 9.56. The summed E-state index contributed by atoms with van der Waals surface area (Å²) >= 11 is 0. The van der Waals surface area contributed by atoms with Crippen molar-refractivity contribution in [3.05, 3.63) is 88.3 Å². The fourth-order valence-electron chi connectivity index (χ4n) is 3.78. The minimum Gasteiger partial charge on any atom is -0.351 e. The summed E-state index contributed by atoms with van der Waals surface area (Å²) in [6.45, 7) is 1.86. The van der Waals surface area contributed by atoms with E-state index in [-0.39, 0.29) is 30.3 Å². The topological polar surface area (TPSA) is 154 Å². The second-order valence-electron chi connectivity index (χ2n) is 7.91. The zero-order chi connectivity index (χ0) is 25.1. The molecule has 4 rings (SSSR count). The third-order valence-electron chi connectivity index (χ3n) is 5.57. The molecule has 0 unspecified atom stereocenters. The van der Waals surface area contributed by atoms with Crippen molar-refractivity contribution < 1.29 is 18.8 Å². The molecule has 2 heterocycles. The van der Waals surface area contributed by atoms with Gasteiger partial charge in [0.15, 0.2) is 0 Å². The summed E-state index contributed by atoms with van der Waals surface area (Å²) in [6.07, 6.45) is 1.10. The third-order valence-corrected chi connectivity index (χ3v) is 5.57. The van der Waals surface area contributed by atoms with Gasteiger partial charge in [0.25, 0.3) is 11.8 Å². The maximum absolute atomic E-state index is 13.4. The molecule has 0 bridgehead atoms. The summed E-state index contributed by atoms with van der Waals surface area (Å²) in [7, 11) is 0. The molecule has 3 aromatic rings. The van der Waals surface area contributed by atoms with Crippen LogP contribution in [0, 0.1) is 24.1 Å². The molecule has 0 saturated heterocycles. The predicted molar refractivity (Wildman–Crippen MR) is 123 cm³/mol. The number of amides is 4. The molecule has 1 atom stereocenters. The fraction of sp³-hybridized carbons (Fsp3) is 0.167. The summed E-state index contributed by atoms with van der Waals surface area (Å²) in [5.74, 6) is -1.44. The van der Waals surface area contributed by atoms with Crippen LogP contribution in [0.25, 0.3) is 0 Å². The number of nitrogens with zero attached hydrogens (tertiary/aromatic N) is 4. The number of nitrogens with two attached hydrogens (primary N) is 1. The van der Waals surface area contributed by atoms with Crippen molar-refractivity contribution in [1.29, 1.82) is 5.26 Å². The van der Waals surface area contributed by atoms with E-state index in [0.29, 0.717) is 27.9 Å². The summed E-state index contributed by atoms with van der Waals surface area (Å²) in [5, 5.41) is 14.6. The van der Waals surface area contributed by atoms with Gasteiger partial charge in [-0.3, -0.25) is 14.5 Å². The van der Waals surface area contributed by atoms with E-state index in [2.05, 4.69) is 20.6 Å². The molecule has 1 aliphatic heterocycles. The van der Waals surface area contributed by atoms with Crippen molar-refractivity contribution in [2.24, 2.45) is 5.73 Å². The van der Waals surface area contributed by atoms with Gasteiger partial charge in [-0.25, -0.2) is 19.2 Å². The van der Waals surface area contributed by atoms with Crippen molar-refractivity contribution in [2.75, 3.05) is 11.4 Å². The monoisotopic (exact) mass is 473 g/mol. The first-order valence-electron chi connectivity index (χ1n) is 10.5. The van der Waals surface area contributed by atoms with E-state index in [1.54, 1.807) is 31.2 Å². The number of benzene rings is 2. The Morgan fingerprint density at radius 1 is 1.14 bits per heavy atom. The smallest absolute Gasteiger partial charge is 0.319 e. The van der Waals surface area contributed by atoms with Gasteiger partial charge in [-0.15, -0.1) is 0 Å². The van der Waals surface area contributed by atoms with Crippen molar-refractivity contribution in [3.63, 3.8) is 0 Å². The standard InChI is InChI=1S/C24H20FN7O3/c1-13-6-15(3-5-17(13)25)10-28-22(33)18-8-19(30-12-29-18)23(34)31-20-11-32(24(27)35)21-7-14(9-26)2-4-16(20)21/h2-8,12,20H,10-11H2,1H3,(H2,27,35)(H,28,33)(H,31,34)/t20-/m1/s1. The number of hydrogen-bond acceptors (Lipinski definition) is 6. The number of urea groups is 1. The number of anilines is 1. The van der Waals surface area contributed by atoms with Crippen molar-refractivity contribution in [2.45, 2.75) is 19.5 Å². The highest BCUT2D eigenvalue weighted by molar-refractivity contribution is 5.98. The number of halogens is 1. The Labute approximate surface area is 199 Å². The van der Waals surface area contributed by atoms with Crippen LogP contribution in [0.5, 0.6) is 0 Å². The zero-order valence-electron chi connectivity index (χ0n) is 18.6. The van der Waals surface area contributed by atoms with Crippen LogP contribution in [0.15, 0.2) is 48.8 Å². The quantitative estimate of drug-likeness (QED) is 0.516. The normalized spacial score (nSPS) is 14.1. The summed E-state index contributed by atoms with van der Waals surface area (Å²) in [4.78, 5) is 46.4. The second-order valence-corrected chi connectivity index (χ2v) is 7.91. The molecule has 1 aromatic heterocycles. The summed E-state index contributed by atoms with van der Waals surface area (Å²) in [6, 6.07) is 11.2. The first kappa shape index (κ1) is 23.3. The van der Waals surface area contributed by atoms with E-state index in [0.717, 1.165) is 6.33 Å². The first-order chi connectivity index (χ1) is 16.8. The van der Waals surface area contributed by atoms with Gasteiger partial charge in [-0.05, 0) is 36.2 Å². The lowest BCUT2D eigenvalue weighted by Gasteiger charge is -2.15. The number of aryl methyl sites for hydroxylation is 1. The Balaban J connectivity index is 1.46. The number of nitriles is 1. The molecule has 0 aliphatic carbocycles. The molecule has 0 radical (unpaired) electrons. The molecule has 10 nitrogen and oxygen atoms in total. The minimum absolute atomic E-state index is 0.0202. The van der Waals surface area contributed by atoms with Crippen LogP contribution in [-0.4, -0.2) is 34.4 Å². The van der Waals surface area contributed by atoms with Crippen LogP contribution >= 0.6 is 0 Å². The molecule has 2 aromatic carbocycles. The molecule has 4 N–H and O–H groups in total. The van der Waals surface area contributed by atoms with Gasteiger partial charge in [0, 0.05) is 18.2 Å². The van der Waals surface area contributed by atoms with Crippen LogP contribution in [0.1, 0.15) is 49.3 Å². The highest BCUT2D eigenvalue weighted by Gasteiger charge is 2.33. The third kappa shape index (κ3) is 4.91. The molecule has 176 valence electrons. The van der Waals surface area contributed by atoms with Crippen molar-refractivity contribution >= 4 is 23.5 Å². The Morgan fingerprint density at radius 2 is 1.89 bits per heavy atom. The van der Waals surface area contributed by atoms with Crippen LogP contribution in [0.4, 0.5) is 14.9 Å². The average molecular weight is 473 g/mol. The Kier molecular flexibility index (Phi) is 6.37. The highest BCUT2D eigenvalue weighted by atomic mass is 19.1. The van der Waals surface area contributed by atoms with Crippen LogP contribution in [-0.2, 0) is 6.54 Å². The largest absolute Gasteiger partial charge is 0.351 e. The zero-order valence-corrected chi connectivity index (χ0v) is 18.6. The van der Waals surface area contributed by atoms with E-state index in [1.807, 2.05) is 6.07 Å². The Morgan fingerprint density at radius 3 is 2.57 bits per heavy atom. The molecular formula is C24H20FN7O3. The molecule has 35 heavy (non-hydrogen) atoms. The lowest BCUT2D eigenvalue weighted by Crippen LogP contribution is -2.38. The van der Waals surface area contributed by atoms with Gasteiger partial charge in [-0.2, -0.15) is 5.26 Å². The lowest BCUT2D eigenvalue weighted by atomic mass is 10.1. The number of carbonyl (C=O) groups excluding carboxylic acids is 3. The van der Waals surface area contributed by atoms with E-state index in [1.165, 1.54) is 23.1 Å². The van der Waals surface area contributed by atoms with Crippen LogP contribution in [0.2, 0.25) is 0 Å². The van der Waals surface area contributed by atoms with Crippen LogP contribution < -0.4 is 21.3 Å². The molecule has 4 amide bonds. The summed E-state index contributed by atoms with van der Waals surface area (Å²) < 4.78 is 13.4. The minimum atomic E-state index is -0.713. The van der Waals surface area contributed by atoms with Crippen molar-refractivity contribution in [1.82, 2.24) is 20.6 Å². The molecule has 0 spiro atoms. The predicted octanol–water partition coefficient (Wildman–Crippen LogP) is 2.10. The van der Waals surface area contributed by atoms with Gasteiger partial charge in [0.05, 0.1) is 29.9 Å². The molecular weight excluding hydrogens is 453 g/mol. The maximum atomic E-state index is 13.4. The van der Waals surface area contributed by atoms with Gasteiger partial charge in [0.1, 0.15) is 23.5 Å². The van der Waals surface area contributed by atoms with Gasteiger partial charge < -0.3 is 16.4 Å². The summed E-state index contributed by atoms with van der Waals surface area (Å²) in [5.41, 5.74) is 7.98. The number of hydrogen-bond donors (Lipinski definition) is 3.